The molecule has 4 nitrogen and oxygen atoms in total. The number of aryl methyl sites for hydroxylation is 1. The summed E-state index contributed by atoms with van der Waals surface area (Å²) in [6.45, 7) is 4.23. The van der Waals surface area contributed by atoms with Crippen LogP contribution in [0.5, 0.6) is 0 Å². The SMILES string of the molecule is CCCCc1ccc(-c2csc(NC(=O)[C@H]3C[C@H]3C)c2C(N)=O)cc1. The molecule has 1 heterocycles. The van der Waals surface area contributed by atoms with E-state index in [1.807, 2.05) is 17.5 Å². The zero-order chi connectivity index (χ0) is 18.0. The van der Waals surface area contributed by atoms with Crippen LogP contribution in [0.15, 0.2) is 29.6 Å². The maximum absolute atomic E-state index is 12.2. The van der Waals surface area contributed by atoms with E-state index in [0.717, 1.165) is 24.0 Å². The van der Waals surface area contributed by atoms with Crippen molar-refractivity contribution in [3.63, 3.8) is 0 Å². The van der Waals surface area contributed by atoms with Crippen molar-refractivity contribution in [3.8, 4) is 11.1 Å². The molecule has 1 fully saturated rings. The lowest BCUT2D eigenvalue weighted by Crippen LogP contribution is -2.18. The van der Waals surface area contributed by atoms with Gasteiger partial charge in [-0.15, -0.1) is 11.3 Å². The molecule has 1 saturated carbocycles. The monoisotopic (exact) mass is 356 g/mol. The van der Waals surface area contributed by atoms with Crippen molar-refractivity contribution in [1.29, 1.82) is 0 Å². The van der Waals surface area contributed by atoms with E-state index in [9.17, 15) is 9.59 Å². The number of anilines is 1. The molecule has 25 heavy (non-hydrogen) atoms. The minimum absolute atomic E-state index is 0.0155. The Kier molecular flexibility index (Phi) is 5.23. The number of unbranched alkanes of at least 4 members (excludes halogenated alkanes) is 1. The van der Waals surface area contributed by atoms with E-state index in [1.54, 1.807) is 0 Å². The van der Waals surface area contributed by atoms with Crippen LogP contribution in [0.1, 0.15) is 49.0 Å². The molecule has 0 radical (unpaired) electrons. The van der Waals surface area contributed by atoms with Gasteiger partial charge in [0.1, 0.15) is 5.00 Å². The molecule has 0 bridgehead atoms. The van der Waals surface area contributed by atoms with Crippen LogP contribution in [0.25, 0.3) is 11.1 Å². The molecule has 5 heteroatoms. The van der Waals surface area contributed by atoms with E-state index in [1.165, 1.54) is 29.7 Å². The molecule has 0 saturated heterocycles. The number of nitrogens with one attached hydrogen (secondary N) is 1. The van der Waals surface area contributed by atoms with E-state index in [0.29, 0.717) is 16.5 Å². The molecule has 1 aromatic heterocycles. The summed E-state index contributed by atoms with van der Waals surface area (Å²) in [7, 11) is 0. The molecule has 3 N–H and O–H groups in total. The van der Waals surface area contributed by atoms with E-state index >= 15 is 0 Å². The van der Waals surface area contributed by atoms with Gasteiger partial charge in [0.2, 0.25) is 5.91 Å². The van der Waals surface area contributed by atoms with Crippen LogP contribution in [-0.2, 0) is 11.2 Å². The third kappa shape index (κ3) is 3.93. The number of rotatable bonds is 7. The van der Waals surface area contributed by atoms with Crippen molar-refractivity contribution in [2.75, 3.05) is 5.32 Å². The molecule has 0 spiro atoms. The van der Waals surface area contributed by atoms with Gasteiger partial charge in [-0.1, -0.05) is 44.5 Å². The Hall–Kier alpha value is -2.14. The summed E-state index contributed by atoms with van der Waals surface area (Å²) in [5.41, 5.74) is 9.04. The summed E-state index contributed by atoms with van der Waals surface area (Å²) in [6.07, 6.45) is 4.31. The van der Waals surface area contributed by atoms with Gasteiger partial charge in [-0.2, -0.15) is 0 Å². The average molecular weight is 356 g/mol. The van der Waals surface area contributed by atoms with Gasteiger partial charge < -0.3 is 11.1 Å². The summed E-state index contributed by atoms with van der Waals surface area (Å²) in [6, 6.07) is 8.23. The van der Waals surface area contributed by atoms with Crippen LogP contribution in [0.3, 0.4) is 0 Å². The van der Waals surface area contributed by atoms with Crippen molar-refractivity contribution < 1.29 is 9.59 Å². The van der Waals surface area contributed by atoms with Gasteiger partial charge in [-0.25, -0.2) is 0 Å². The lowest BCUT2D eigenvalue weighted by molar-refractivity contribution is -0.117. The highest BCUT2D eigenvalue weighted by atomic mass is 32.1. The highest BCUT2D eigenvalue weighted by Gasteiger charge is 2.39. The smallest absolute Gasteiger partial charge is 0.252 e. The van der Waals surface area contributed by atoms with E-state index in [2.05, 4.69) is 31.3 Å². The molecule has 2 aromatic rings. The first kappa shape index (κ1) is 17.7. The van der Waals surface area contributed by atoms with Gasteiger partial charge in [-0.05, 0) is 36.3 Å². The Bertz CT molecular complexity index is 779. The molecule has 0 unspecified atom stereocenters. The van der Waals surface area contributed by atoms with Crippen LogP contribution < -0.4 is 11.1 Å². The Morgan fingerprint density at radius 2 is 1.96 bits per heavy atom. The van der Waals surface area contributed by atoms with Gasteiger partial charge >= 0.3 is 0 Å². The Balaban J connectivity index is 1.83. The second kappa shape index (κ2) is 7.40. The summed E-state index contributed by atoms with van der Waals surface area (Å²) in [5, 5.41) is 5.35. The van der Waals surface area contributed by atoms with Gasteiger partial charge in [0.05, 0.1) is 5.56 Å². The molecule has 0 aliphatic heterocycles. The number of benzene rings is 1. The zero-order valence-corrected chi connectivity index (χ0v) is 15.5. The molecular formula is C20H24N2O2S. The molecular weight excluding hydrogens is 332 g/mol. The Morgan fingerprint density at radius 3 is 2.52 bits per heavy atom. The lowest BCUT2D eigenvalue weighted by atomic mass is 10.0. The number of carbonyl (C=O) groups is 2. The fraction of sp³-hybridized carbons (Fsp3) is 0.400. The summed E-state index contributed by atoms with van der Waals surface area (Å²) < 4.78 is 0. The van der Waals surface area contributed by atoms with Crippen molar-refractivity contribution in [3.05, 3.63) is 40.8 Å². The summed E-state index contributed by atoms with van der Waals surface area (Å²) >= 11 is 1.36. The molecule has 1 aliphatic rings. The maximum Gasteiger partial charge on any atom is 0.252 e. The Labute approximate surface area is 152 Å². The van der Waals surface area contributed by atoms with Gasteiger partial charge in [-0.3, -0.25) is 9.59 Å². The molecule has 1 aliphatic carbocycles. The van der Waals surface area contributed by atoms with E-state index in [4.69, 9.17) is 5.73 Å². The highest BCUT2D eigenvalue weighted by molar-refractivity contribution is 7.15. The van der Waals surface area contributed by atoms with Crippen molar-refractivity contribution in [2.24, 2.45) is 17.6 Å². The normalized spacial score (nSPS) is 18.8. The zero-order valence-electron chi connectivity index (χ0n) is 14.7. The minimum Gasteiger partial charge on any atom is -0.365 e. The second-order valence-electron chi connectivity index (χ2n) is 6.83. The molecule has 132 valence electrons. The number of amides is 2. The molecule has 1 aromatic carbocycles. The van der Waals surface area contributed by atoms with Gasteiger partial charge in [0, 0.05) is 16.9 Å². The molecule has 2 amide bonds. The number of primary amides is 1. The number of nitrogens with two attached hydrogens (primary N) is 1. The predicted octanol–water partition coefficient (Wildman–Crippen LogP) is 4.45. The van der Waals surface area contributed by atoms with Gasteiger partial charge in [0.15, 0.2) is 0 Å². The van der Waals surface area contributed by atoms with Crippen molar-refractivity contribution in [1.82, 2.24) is 0 Å². The number of carbonyl (C=O) groups excluding carboxylic acids is 2. The molecule has 3 rings (SSSR count). The lowest BCUT2D eigenvalue weighted by Gasteiger charge is -2.07. The standard InChI is InChI=1S/C20H24N2O2S/c1-3-4-5-13-6-8-14(9-7-13)16-11-25-20(17(16)18(21)23)22-19(24)15-10-12(15)2/h6-9,11-12,15H,3-5,10H2,1-2H3,(H2,21,23)(H,22,24)/t12-,15+/m1/s1. The fourth-order valence-corrected chi connectivity index (χ4v) is 4.01. The summed E-state index contributed by atoms with van der Waals surface area (Å²) in [4.78, 5) is 24.2. The Morgan fingerprint density at radius 1 is 1.28 bits per heavy atom. The first-order valence-corrected chi connectivity index (χ1v) is 9.70. The van der Waals surface area contributed by atoms with Crippen LogP contribution in [0.2, 0.25) is 0 Å². The third-order valence-electron chi connectivity index (χ3n) is 4.80. The largest absolute Gasteiger partial charge is 0.365 e. The number of hydrogen-bond acceptors (Lipinski definition) is 3. The topological polar surface area (TPSA) is 72.2 Å². The highest BCUT2D eigenvalue weighted by Crippen LogP contribution is 2.40. The first-order valence-electron chi connectivity index (χ1n) is 8.82. The van der Waals surface area contributed by atoms with Crippen LogP contribution in [-0.4, -0.2) is 11.8 Å². The number of thiophene rings is 1. The van der Waals surface area contributed by atoms with E-state index in [-0.39, 0.29) is 11.8 Å². The average Bonchev–Trinajstić information content (AvgIpc) is 3.18. The van der Waals surface area contributed by atoms with Crippen molar-refractivity contribution in [2.45, 2.75) is 39.5 Å². The fourth-order valence-electron chi connectivity index (χ4n) is 3.03. The maximum atomic E-state index is 12.2. The van der Waals surface area contributed by atoms with Gasteiger partial charge in [0.25, 0.3) is 5.91 Å². The van der Waals surface area contributed by atoms with E-state index < -0.39 is 5.91 Å². The molecule has 2 atom stereocenters. The third-order valence-corrected chi connectivity index (χ3v) is 5.70. The van der Waals surface area contributed by atoms with Crippen LogP contribution >= 0.6 is 11.3 Å². The first-order chi connectivity index (χ1) is 12.0. The summed E-state index contributed by atoms with van der Waals surface area (Å²) in [5.74, 6) is -0.0416. The second-order valence-corrected chi connectivity index (χ2v) is 7.71. The van der Waals surface area contributed by atoms with Crippen LogP contribution in [0, 0.1) is 11.8 Å². The predicted molar refractivity (Wildman–Crippen MR) is 103 cm³/mol. The van der Waals surface area contributed by atoms with Crippen molar-refractivity contribution >= 4 is 28.2 Å². The quantitative estimate of drug-likeness (QED) is 0.769. The minimum atomic E-state index is -0.509. The number of hydrogen-bond donors (Lipinski definition) is 2. The van der Waals surface area contributed by atoms with Crippen LogP contribution in [0.4, 0.5) is 5.00 Å².